The first-order valence-corrected chi connectivity index (χ1v) is 4.23. The summed E-state index contributed by atoms with van der Waals surface area (Å²) in [5.74, 6) is -0.542. The molecule has 1 aromatic rings. The quantitative estimate of drug-likeness (QED) is 0.629. The van der Waals surface area contributed by atoms with Crippen LogP contribution in [0.25, 0.3) is 0 Å². The summed E-state index contributed by atoms with van der Waals surface area (Å²) in [5, 5.41) is 4.99. The van der Waals surface area contributed by atoms with Gasteiger partial charge in [0.15, 0.2) is 0 Å². The Balaban J connectivity index is 2.68. The van der Waals surface area contributed by atoms with Crippen molar-refractivity contribution in [3.63, 3.8) is 0 Å². The number of carbonyl (C=O) groups is 1. The predicted molar refractivity (Wildman–Crippen MR) is 53.5 cm³/mol. The lowest BCUT2D eigenvalue weighted by Crippen LogP contribution is -2.28. The Morgan fingerprint density at radius 2 is 2.29 bits per heavy atom. The van der Waals surface area contributed by atoms with E-state index < -0.39 is 5.82 Å². The van der Waals surface area contributed by atoms with Crippen molar-refractivity contribution in [1.29, 1.82) is 0 Å². The second kappa shape index (κ2) is 4.45. The lowest BCUT2D eigenvalue weighted by atomic mass is 10.3. The Hall–Kier alpha value is -1.78. The molecule has 1 aromatic carbocycles. The molecule has 2 amide bonds. The van der Waals surface area contributed by atoms with Gasteiger partial charge in [0.05, 0.1) is 5.69 Å². The molecular weight excluding hydrogens is 185 g/mol. The smallest absolute Gasteiger partial charge is 0.319 e. The molecule has 4 N–H and O–H groups in total. The third-order valence-electron chi connectivity index (χ3n) is 1.60. The molecule has 0 aliphatic rings. The second-order valence-electron chi connectivity index (χ2n) is 2.72. The lowest BCUT2D eigenvalue weighted by molar-refractivity contribution is 0.252. The highest BCUT2D eigenvalue weighted by atomic mass is 19.1. The van der Waals surface area contributed by atoms with Crippen LogP contribution in [0.4, 0.5) is 20.6 Å². The third-order valence-corrected chi connectivity index (χ3v) is 1.60. The normalized spacial score (nSPS) is 9.57. The van der Waals surface area contributed by atoms with Crippen molar-refractivity contribution in [2.24, 2.45) is 0 Å². The monoisotopic (exact) mass is 197 g/mol. The number of halogens is 1. The standard InChI is InChI=1S/C9H12FN3O/c1-2-12-9(14)13-6-3-4-8(11)7(10)5-6/h3-5H,2,11H2,1H3,(H2,12,13,14). The highest BCUT2D eigenvalue weighted by molar-refractivity contribution is 5.89. The minimum Gasteiger partial charge on any atom is -0.396 e. The molecule has 0 atom stereocenters. The van der Waals surface area contributed by atoms with Crippen LogP contribution in [0.5, 0.6) is 0 Å². The molecule has 0 fully saturated rings. The largest absolute Gasteiger partial charge is 0.396 e. The van der Waals surface area contributed by atoms with Gasteiger partial charge in [-0.15, -0.1) is 0 Å². The van der Waals surface area contributed by atoms with Crippen LogP contribution in [-0.4, -0.2) is 12.6 Å². The van der Waals surface area contributed by atoms with Crippen LogP contribution in [0, 0.1) is 5.82 Å². The number of rotatable bonds is 2. The fourth-order valence-electron chi connectivity index (χ4n) is 0.941. The lowest BCUT2D eigenvalue weighted by Gasteiger charge is -2.06. The molecule has 0 spiro atoms. The average molecular weight is 197 g/mol. The maximum absolute atomic E-state index is 12.9. The van der Waals surface area contributed by atoms with Gasteiger partial charge in [-0.2, -0.15) is 0 Å². The molecule has 0 heterocycles. The molecule has 0 unspecified atom stereocenters. The van der Waals surface area contributed by atoms with Crippen LogP contribution in [0.3, 0.4) is 0 Å². The first-order valence-electron chi connectivity index (χ1n) is 4.23. The van der Waals surface area contributed by atoms with E-state index in [-0.39, 0.29) is 11.7 Å². The van der Waals surface area contributed by atoms with E-state index in [1.807, 2.05) is 0 Å². The Morgan fingerprint density at radius 1 is 1.57 bits per heavy atom. The molecule has 14 heavy (non-hydrogen) atoms. The zero-order valence-corrected chi connectivity index (χ0v) is 7.80. The third kappa shape index (κ3) is 2.62. The number of carbonyl (C=O) groups excluding carboxylic acids is 1. The van der Waals surface area contributed by atoms with Gasteiger partial charge in [0, 0.05) is 12.2 Å². The molecular formula is C9H12FN3O. The van der Waals surface area contributed by atoms with Gasteiger partial charge in [-0.1, -0.05) is 0 Å². The van der Waals surface area contributed by atoms with E-state index in [0.717, 1.165) is 0 Å². The maximum atomic E-state index is 12.9. The van der Waals surface area contributed by atoms with E-state index in [9.17, 15) is 9.18 Å². The van der Waals surface area contributed by atoms with Crippen molar-refractivity contribution in [3.05, 3.63) is 24.0 Å². The van der Waals surface area contributed by atoms with Crippen LogP contribution in [-0.2, 0) is 0 Å². The van der Waals surface area contributed by atoms with Crippen molar-refractivity contribution in [2.45, 2.75) is 6.92 Å². The number of amides is 2. The number of hydrogen-bond acceptors (Lipinski definition) is 2. The summed E-state index contributed by atoms with van der Waals surface area (Å²) in [6, 6.07) is 3.74. The molecule has 5 heteroatoms. The number of nitrogen functional groups attached to an aromatic ring is 1. The Labute approximate surface area is 81.3 Å². The Morgan fingerprint density at radius 3 is 2.86 bits per heavy atom. The molecule has 4 nitrogen and oxygen atoms in total. The van der Waals surface area contributed by atoms with Gasteiger partial charge in [0.2, 0.25) is 0 Å². The van der Waals surface area contributed by atoms with Crippen molar-refractivity contribution >= 4 is 17.4 Å². The zero-order chi connectivity index (χ0) is 10.6. The van der Waals surface area contributed by atoms with Gasteiger partial charge in [0.1, 0.15) is 5.82 Å². The van der Waals surface area contributed by atoms with Gasteiger partial charge in [0.25, 0.3) is 0 Å². The van der Waals surface area contributed by atoms with Crippen LogP contribution >= 0.6 is 0 Å². The summed E-state index contributed by atoms with van der Waals surface area (Å²) in [6.45, 7) is 2.31. The molecule has 0 bridgehead atoms. The van der Waals surface area contributed by atoms with Crippen molar-refractivity contribution in [2.75, 3.05) is 17.6 Å². The van der Waals surface area contributed by atoms with E-state index in [1.54, 1.807) is 6.92 Å². The van der Waals surface area contributed by atoms with E-state index in [0.29, 0.717) is 12.2 Å². The summed E-state index contributed by atoms with van der Waals surface area (Å²) >= 11 is 0. The number of nitrogens with two attached hydrogens (primary N) is 1. The number of anilines is 2. The molecule has 0 aliphatic heterocycles. The van der Waals surface area contributed by atoms with Crippen molar-refractivity contribution in [3.8, 4) is 0 Å². The number of nitrogens with one attached hydrogen (secondary N) is 2. The highest BCUT2D eigenvalue weighted by Crippen LogP contribution is 2.15. The van der Waals surface area contributed by atoms with Gasteiger partial charge in [-0.25, -0.2) is 9.18 Å². The first-order chi connectivity index (χ1) is 6.63. The predicted octanol–water partition coefficient (Wildman–Crippen LogP) is 1.55. The van der Waals surface area contributed by atoms with E-state index in [1.165, 1.54) is 18.2 Å². The van der Waals surface area contributed by atoms with Crippen LogP contribution in [0.2, 0.25) is 0 Å². The van der Waals surface area contributed by atoms with Crippen LogP contribution in [0.1, 0.15) is 6.92 Å². The minimum atomic E-state index is -0.542. The van der Waals surface area contributed by atoms with Gasteiger partial charge in [-0.3, -0.25) is 0 Å². The Bertz CT molecular complexity index is 341. The number of benzene rings is 1. The summed E-state index contributed by atoms with van der Waals surface area (Å²) in [5.41, 5.74) is 5.71. The molecule has 0 saturated heterocycles. The van der Waals surface area contributed by atoms with Crippen molar-refractivity contribution in [1.82, 2.24) is 5.32 Å². The molecule has 0 aliphatic carbocycles. The molecule has 0 radical (unpaired) electrons. The molecule has 1 rings (SSSR count). The summed E-state index contributed by atoms with van der Waals surface area (Å²) in [4.78, 5) is 11.0. The van der Waals surface area contributed by atoms with Crippen LogP contribution in [0.15, 0.2) is 18.2 Å². The van der Waals surface area contributed by atoms with E-state index in [4.69, 9.17) is 5.73 Å². The van der Waals surface area contributed by atoms with E-state index in [2.05, 4.69) is 10.6 Å². The Kier molecular flexibility index (Phi) is 3.28. The van der Waals surface area contributed by atoms with Gasteiger partial charge < -0.3 is 16.4 Å². The number of hydrogen-bond donors (Lipinski definition) is 3. The van der Waals surface area contributed by atoms with Gasteiger partial charge >= 0.3 is 6.03 Å². The van der Waals surface area contributed by atoms with Crippen molar-refractivity contribution < 1.29 is 9.18 Å². The minimum absolute atomic E-state index is 0.0615. The number of urea groups is 1. The fraction of sp³-hybridized carbons (Fsp3) is 0.222. The maximum Gasteiger partial charge on any atom is 0.319 e. The highest BCUT2D eigenvalue weighted by Gasteiger charge is 2.02. The topological polar surface area (TPSA) is 67.2 Å². The fourth-order valence-corrected chi connectivity index (χ4v) is 0.941. The van der Waals surface area contributed by atoms with E-state index >= 15 is 0 Å². The summed E-state index contributed by atoms with van der Waals surface area (Å²) in [6.07, 6.45) is 0. The molecule has 76 valence electrons. The first kappa shape index (κ1) is 10.3. The molecule has 0 saturated carbocycles. The SMILES string of the molecule is CCNC(=O)Nc1ccc(N)c(F)c1. The van der Waals surface area contributed by atoms with Crippen LogP contribution < -0.4 is 16.4 Å². The zero-order valence-electron chi connectivity index (χ0n) is 7.80. The second-order valence-corrected chi connectivity index (χ2v) is 2.72. The summed E-state index contributed by atoms with van der Waals surface area (Å²) < 4.78 is 12.9. The summed E-state index contributed by atoms with van der Waals surface area (Å²) in [7, 11) is 0. The average Bonchev–Trinajstić information content (AvgIpc) is 2.12. The van der Waals surface area contributed by atoms with Gasteiger partial charge in [-0.05, 0) is 25.1 Å². The molecule has 0 aromatic heterocycles.